The van der Waals surface area contributed by atoms with E-state index in [9.17, 15) is 14.7 Å². The largest absolute Gasteiger partial charge is 0.497 e. The van der Waals surface area contributed by atoms with Gasteiger partial charge in [0.15, 0.2) is 0 Å². The van der Waals surface area contributed by atoms with Gasteiger partial charge in [-0.3, -0.25) is 9.36 Å². The molecule has 2 unspecified atom stereocenters. The zero-order valence-corrected chi connectivity index (χ0v) is 18.1. The van der Waals surface area contributed by atoms with Crippen LogP contribution in [0.1, 0.15) is 29.8 Å². The Morgan fingerprint density at radius 2 is 1.88 bits per heavy atom. The monoisotopic (exact) mass is 441 g/mol. The van der Waals surface area contributed by atoms with E-state index in [1.54, 1.807) is 16.6 Å². The molecular weight excluding hydrogens is 418 g/mol. The quantitative estimate of drug-likeness (QED) is 0.525. The number of ether oxygens (including phenoxy) is 1. The van der Waals surface area contributed by atoms with E-state index >= 15 is 0 Å². The third kappa shape index (κ3) is 2.88. The molecule has 2 atom stereocenters. The summed E-state index contributed by atoms with van der Waals surface area (Å²) in [7, 11) is 1.60. The zero-order valence-electron chi connectivity index (χ0n) is 18.1. The second kappa shape index (κ2) is 7.27. The van der Waals surface area contributed by atoms with Crippen LogP contribution in [0, 0.1) is 0 Å². The van der Waals surface area contributed by atoms with Crippen LogP contribution < -0.4 is 10.4 Å². The minimum absolute atomic E-state index is 0.0215. The molecular formula is C26H23N3O4. The molecule has 0 spiro atoms. The lowest BCUT2D eigenvalue weighted by Gasteiger charge is -2.27. The molecule has 1 amide bonds. The van der Waals surface area contributed by atoms with Crippen LogP contribution in [-0.4, -0.2) is 38.7 Å². The summed E-state index contributed by atoms with van der Waals surface area (Å²) >= 11 is 0. The molecule has 166 valence electrons. The minimum atomic E-state index is -0.308. The van der Waals surface area contributed by atoms with Crippen molar-refractivity contribution in [3.8, 4) is 17.3 Å². The Hall–Kier alpha value is -4.00. The Balaban J connectivity index is 1.37. The first-order chi connectivity index (χ1) is 16.1. The Bertz CT molecular complexity index is 1460. The van der Waals surface area contributed by atoms with Crippen LogP contribution in [0.25, 0.3) is 16.5 Å². The molecule has 3 aromatic carbocycles. The summed E-state index contributed by atoms with van der Waals surface area (Å²) in [6.07, 6.45) is 0.897. The predicted molar refractivity (Wildman–Crippen MR) is 124 cm³/mol. The maximum Gasteiger partial charge on any atom is 0.336 e. The summed E-state index contributed by atoms with van der Waals surface area (Å²) in [6, 6.07) is 20.5. The lowest BCUT2D eigenvalue weighted by molar-refractivity contribution is -0.132. The van der Waals surface area contributed by atoms with Crippen LogP contribution in [0.15, 0.2) is 71.5 Å². The number of carbonyl (C=O) groups is 1. The number of hydrogen-bond acceptors (Lipinski definition) is 4. The number of rotatable bonds is 4. The molecule has 1 aromatic heterocycles. The average Bonchev–Trinajstić information content (AvgIpc) is 3.50. The number of aromatic nitrogens is 2. The number of aromatic hydroxyl groups is 1. The van der Waals surface area contributed by atoms with Gasteiger partial charge in [0, 0.05) is 11.9 Å². The molecule has 3 heterocycles. The van der Waals surface area contributed by atoms with Crippen molar-refractivity contribution >= 4 is 16.7 Å². The summed E-state index contributed by atoms with van der Waals surface area (Å²) in [5.74, 6) is 0.608. The number of amides is 1. The van der Waals surface area contributed by atoms with Crippen molar-refractivity contribution in [1.29, 1.82) is 0 Å². The third-order valence-electron chi connectivity index (χ3n) is 6.87. The molecule has 6 rings (SSSR count). The fourth-order valence-corrected chi connectivity index (χ4v) is 5.40. The number of likely N-dealkylation sites (tertiary alicyclic amines) is 1. The first-order valence-electron chi connectivity index (χ1n) is 11.0. The number of benzene rings is 3. The molecule has 33 heavy (non-hydrogen) atoms. The molecule has 2 bridgehead atoms. The van der Waals surface area contributed by atoms with Gasteiger partial charge >= 0.3 is 5.69 Å². The van der Waals surface area contributed by atoms with Gasteiger partial charge in [-0.2, -0.15) is 0 Å². The van der Waals surface area contributed by atoms with Crippen LogP contribution >= 0.6 is 0 Å². The second-order valence-corrected chi connectivity index (χ2v) is 8.67. The molecule has 0 aliphatic carbocycles. The highest BCUT2D eigenvalue weighted by Crippen LogP contribution is 2.49. The molecule has 1 N–H and O–H groups in total. The van der Waals surface area contributed by atoms with Crippen molar-refractivity contribution in [2.75, 3.05) is 13.7 Å². The zero-order chi connectivity index (χ0) is 22.7. The lowest BCUT2D eigenvalue weighted by atomic mass is 10.1. The van der Waals surface area contributed by atoms with Crippen molar-refractivity contribution in [3.63, 3.8) is 0 Å². The van der Waals surface area contributed by atoms with E-state index in [1.807, 2.05) is 66.7 Å². The summed E-state index contributed by atoms with van der Waals surface area (Å²) in [4.78, 5) is 28.4. The van der Waals surface area contributed by atoms with E-state index in [-0.39, 0.29) is 36.0 Å². The highest BCUT2D eigenvalue weighted by atomic mass is 16.5. The molecule has 0 saturated carbocycles. The summed E-state index contributed by atoms with van der Waals surface area (Å²) in [5, 5.41) is 13.1. The molecule has 2 aliphatic rings. The van der Waals surface area contributed by atoms with Gasteiger partial charge in [0.1, 0.15) is 11.4 Å². The molecule has 7 heteroatoms. The molecule has 4 aromatic rings. The van der Waals surface area contributed by atoms with E-state index in [4.69, 9.17) is 4.74 Å². The predicted octanol–water partition coefficient (Wildman–Crippen LogP) is 3.58. The van der Waals surface area contributed by atoms with Crippen molar-refractivity contribution < 1.29 is 14.6 Å². The van der Waals surface area contributed by atoms with E-state index in [2.05, 4.69) is 0 Å². The highest BCUT2D eigenvalue weighted by Gasteiger charge is 2.49. The van der Waals surface area contributed by atoms with E-state index < -0.39 is 0 Å². The van der Waals surface area contributed by atoms with Gasteiger partial charge in [-0.05, 0) is 35.6 Å². The Morgan fingerprint density at radius 3 is 2.73 bits per heavy atom. The molecule has 1 fully saturated rings. The summed E-state index contributed by atoms with van der Waals surface area (Å²) in [5.41, 5.74) is 1.79. The fraction of sp³-hybridized carbons (Fsp3) is 0.231. The number of fused-ring (bicyclic) bond motifs is 6. The second-order valence-electron chi connectivity index (χ2n) is 8.67. The van der Waals surface area contributed by atoms with Gasteiger partial charge < -0.3 is 14.7 Å². The van der Waals surface area contributed by atoms with Crippen LogP contribution in [0.4, 0.5) is 0 Å². The number of imidazole rings is 1. The number of nitrogens with zero attached hydrogens (tertiary/aromatic N) is 3. The maximum atomic E-state index is 13.4. The van der Waals surface area contributed by atoms with Gasteiger partial charge in [-0.15, -0.1) is 0 Å². The Morgan fingerprint density at radius 1 is 1.09 bits per heavy atom. The average molecular weight is 441 g/mol. The summed E-state index contributed by atoms with van der Waals surface area (Å²) < 4.78 is 8.32. The normalized spacial score (nSPS) is 18.6. The molecule has 2 aliphatic heterocycles. The van der Waals surface area contributed by atoms with Crippen molar-refractivity contribution in [2.24, 2.45) is 0 Å². The smallest absolute Gasteiger partial charge is 0.336 e. The first kappa shape index (κ1) is 19.7. The van der Waals surface area contributed by atoms with Gasteiger partial charge in [-0.1, -0.05) is 48.5 Å². The SMILES string of the molecule is COc1cccc(CC(=O)N2CC3CC2c2c(O)n(-c4cccc5ccccc45)c(=O)n23)c1. The fourth-order valence-electron chi connectivity index (χ4n) is 5.40. The van der Waals surface area contributed by atoms with E-state index in [1.165, 1.54) is 4.57 Å². The summed E-state index contributed by atoms with van der Waals surface area (Å²) in [6.45, 7) is 0.472. The standard InChI is InChI=1S/C26H23N3O4/c1-33-19-9-4-6-16(12-19)13-23(30)27-15-18-14-22(27)24-25(31)29(26(32)28(18)24)21-11-5-8-17-7-2-3-10-20(17)21/h2-12,18,22,31H,13-15H2,1H3. The minimum Gasteiger partial charge on any atom is -0.497 e. The highest BCUT2D eigenvalue weighted by molar-refractivity contribution is 5.90. The van der Waals surface area contributed by atoms with Gasteiger partial charge in [-0.25, -0.2) is 9.36 Å². The van der Waals surface area contributed by atoms with Crippen LogP contribution in [-0.2, 0) is 11.2 Å². The maximum absolute atomic E-state index is 13.4. The van der Waals surface area contributed by atoms with Crippen molar-refractivity contribution in [2.45, 2.75) is 24.9 Å². The topological polar surface area (TPSA) is 76.7 Å². The Labute approximate surface area is 190 Å². The lowest BCUT2D eigenvalue weighted by Crippen LogP contribution is -2.38. The van der Waals surface area contributed by atoms with Gasteiger partial charge in [0.2, 0.25) is 11.8 Å². The van der Waals surface area contributed by atoms with Gasteiger partial charge in [0.25, 0.3) is 0 Å². The number of carbonyl (C=O) groups excluding carboxylic acids is 1. The van der Waals surface area contributed by atoms with Crippen molar-refractivity contribution in [3.05, 3.63) is 88.5 Å². The molecule has 7 nitrogen and oxygen atoms in total. The van der Waals surface area contributed by atoms with Crippen LogP contribution in [0.3, 0.4) is 0 Å². The Kier molecular flexibility index (Phi) is 4.33. The van der Waals surface area contributed by atoms with Gasteiger partial charge in [0.05, 0.1) is 31.3 Å². The third-order valence-corrected chi connectivity index (χ3v) is 6.87. The molecule has 0 radical (unpaired) electrons. The van der Waals surface area contributed by atoms with Crippen molar-refractivity contribution in [1.82, 2.24) is 14.0 Å². The number of methoxy groups -OCH3 is 1. The van der Waals surface area contributed by atoms with E-state index in [0.29, 0.717) is 30.1 Å². The molecule has 1 saturated heterocycles. The van der Waals surface area contributed by atoms with Crippen LogP contribution in [0.2, 0.25) is 0 Å². The van der Waals surface area contributed by atoms with E-state index in [0.717, 1.165) is 16.3 Å². The van der Waals surface area contributed by atoms with Crippen LogP contribution in [0.5, 0.6) is 11.6 Å². The first-order valence-corrected chi connectivity index (χ1v) is 11.0. The number of hydrogen-bond donors (Lipinski definition) is 1.